The molecule has 0 bridgehead atoms. The number of benzene rings is 3. The average Bonchev–Trinajstić information content (AvgIpc) is 2.89. The Morgan fingerprint density at radius 2 is 1.80 bits per heavy atom. The number of thioether (sulfide) groups is 1. The van der Waals surface area contributed by atoms with Crippen LogP contribution in [0.25, 0.3) is 21.9 Å². The molecule has 184 valence electrons. The van der Waals surface area contributed by atoms with E-state index < -0.39 is 24.0 Å². The number of nitrogens with two attached hydrogens (primary N) is 1. The molecule has 3 aromatic rings. The number of esters is 1. The molecule has 7 nitrogen and oxygen atoms in total. The van der Waals surface area contributed by atoms with Crippen molar-refractivity contribution in [3.05, 3.63) is 66.2 Å². The zero-order valence-electron chi connectivity index (χ0n) is 19.6. The highest BCUT2D eigenvalue weighted by Gasteiger charge is 2.24. The first kappa shape index (κ1) is 26.6. The summed E-state index contributed by atoms with van der Waals surface area (Å²) in [5.74, 6) is -0.387. The van der Waals surface area contributed by atoms with Crippen LogP contribution in [0.1, 0.15) is 16.8 Å². The van der Waals surface area contributed by atoms with Crippen LogP contribution in [-0.2, 0) is 14.3 Å². The predicted octanol–water partition coefficient (Wildman–Crippen LogP) is 3.73. The summed E-state index contributed by atoms with van der Waals surface area (Å²) in [5.41, 5.74) is 8.11. The van der Waals surface area contributed by atoms with E-state index in [4.69, 9.17) is 10.5 Å². The fourth-order valence-electron chi connectivity index (χ4n) is 3.68. The Kier molecular flexibility index (Phi) is 9.59. The first-order valence-electron chi connectivity index (χ1n) is 11.1. The van der Waals surface area contributed by atoms with Crippen LogP contribution in [0.15, 0.2) is 60.7 Å². The Morgan fingerprint density at radius 3 is 2.51 bits per heavy atom. The van der Waals surface area contributed by atoms with Gasteiger partial charge in [0.2, 0.25) is 5.91 Å². The van der Waals surface area contributed by atoms with Crippen molar-refractivity contribution in [1.82, 2.24) is 5.32 Å². The van der Waals surface area contributed by atoms with Gasteiger partial charge in [-0.05, 0) is 58.5 Å². The summed E-state index contributed by atoms with van der Waals surface area (Å²) >= 11 is 5.66. The second kappa shape index (κ2) is 12.6. The SMILES string of the molecule is COC(=O)[C@H](CCSC)NC(=O)c1ccc(NC(=O)[C@@H](N)CS)cc1-c1cccc2ccccc12. The van der Waals surface area contributed by atoms with E-state index in [1.165, 1.54) is 7.11 Å². The molecule has 0 heterocycles. The van der Waals surface area contributed by atoms with Gasteiger partial charge in [-0.2, -0.15) is 24.4 Å². The van der Waals surface area contributed by atoms with Crippen LogP contribution in [0, 0.1) is 0 Å². The van der Waals surface area contributed by atoms with Gasteiger partial charge < -0.3 is 21.1 Å². The molecule has 0 saturated heterocycles. The van der Waals surface area contributed by atoms with Gasteiger partial charge in [-0.25, -0.2) is 4.79 Å². The topological polar surface area (TPSA) is 111 Å². The minimum Gasteiger partial charge on any atom is -0.467 e. The van der Waals surface area contributed by atoms with E-state index in [-0.39, 0.29) is 11.7 Å². The van der Waals surface area contributed by atoms with Crippen LogP contribution in [0.3, 0.4) is 0 Å². The largest absolute Gasteiger partial charge is 0.467 e. The summed E-state index contributed by atoms with van der Waals surface area (Å²) in [6.07, 6.45) is 2.38. The molecule has 9 heteroatoms. The van der Waals surface area contributed by atoms with E-state index in [1.54, 1.807) is 30.0 Å². The van der Waals surface area contributed by atoms with Gasteiger partial charge in [0.25, 0.3) is 5.91 Å². The summed E-state index contributed by atoms with van der Waals surface area (Å²) in [6, 6.07) is 17.2. The lowest BCUT2D eigenvalue weighted by Gasteiger charge is -2.19. The number of methoxy groups -OCH3 is 1. The van der Waals surface area contributed by atoms with Crippen molar-refractivity contribution in [2.45, 2.75) is 18.5 Å². The normalized spacial score (nSPS) is 12.6. The van der Waals surface area contributed by atoms with Crippen molar-refractivity contribution in [3.63, 3.8) is 0 Å². The molecular weight excluding hydrogens is 482 g/mol. The van der Waals surface area contributed by atoms with Crippen molar-refractivity contribution in [1.29, 1.82) is 0 Å². The fourth-order valence-corrected chi connectivity index (χ4v) is 4.32. The number of nitrogens with one attached hydrogen (secondary N) is 2. The summed E-state index contributed by atoms with van der Waals surface area (Å²) < 4.78 is 4.89. The highest BCUT2D eigenvalue weighted by molar-refractivity contribution is 7.98. The summed E-state index contributed by atoms with van der Waals surface area (Å²) in [7, 11) is 1.30. The number of amides is 2. The lowest BCUT2D eigenvalue weighted by atomic mass is 9.93. The van der Waals surface area contributed by atoms with Gasteiger partial charge in [-0.3, -0.25) is 9.59 Å². The minimum absolute atomic E-state index is 0.202. The molecule has 0 aromatic heterocycles. The molecule has 2 atom stereocenters. The van der Waals surface area contributed by atoms with E-state index in [2.05, 4.69) is 23.3 Å². The third kappa shape index (κ3) is 6.56. The third-order valence-electron chi connectivity index (χ3n) is 5.55. The van der Waals surface area contributed by atoms with E-state index in [9.17, 15) is 14.4 Å². The molecular formula is C26H29N3O4S2. The van der Waals surface area contributed by atoms with E-state index in [1.807, 2.05) is 48.7 Å². The molecule has 3 rings (SSSR count). The molecule has 0 aliphatic rings. The van der Waals surface area contributed by atoms with Crippen LogP contribution in [0.4, 0.5) is 5.69 Å². The van der Waals surface area contributed by atoms with Gasteiger partial charge in [-0.1, -0.05) is 42.5 Å². The fraction of sp³-hybridized carbons (Fsp3) is 0.269. The van der Waals surface area contributed by atoms with Crippen LogP contribution < -0.4 is 16.4 Å². The second-order valence-corrected chi connectivity index (χ2v) is 9.25. The smallest absolute Gasteiger partial charge is 0.328 e. The number of rotatable bonds is 10. The summed E-state index contributed by atoms with van der Waals surface area (Å²) in [5, 5.41) is 7.57. The third-order valence-corrected chi connectivity index (χ3v) is 6.58. The van der Waals surface area contributed by atoms with Crippen LogP contribution in [0.2, 0.25) is 0 Å². The maximum Gasteiger partial charge on any atom is 0.328 e. The number of carbonyl (C=O) groups excluding carboxylic acids is 3. The Morgan fingerprint density at radius 1 is 1.06 bits per heavy atom. The molecule has 2 amide bonds. The molecule has 0 unspecified atom stereocenters. The zero-order chi connectivity index (χ0) is 25.4. The van der Waals surface area contributed by atoms with Gasteiger partial charge in [0.05, 0.1) is 13.2 Å². The van der Waals surface area contributed by atoms with Crippen LogP contribution in [0.5, 0.6) is 0 Å². The molecule has 35 heavy (non-hydrogen) atoms. The monoisotopic (exact) mass is 511 g/mol. The molecule has 0 aliphatic heterocycles. The van der Waals surface area contributed by atoms with Gasteiger partial charge in [0.15, 0.2) is 0 Å². The average molecular weight is 512 g/mol. The lowest BCUT2D eigenvalue weighted by molar-refractivity contribution is -0.142. The minimum atomic E-state index is -0.770. The summed E-state index contributed by atoms with van der Waals surface area (Å²) in [4.78, 5) is 38.0. The van der Waals surface area contributed by atoms with E-state index in [0.717, 1.165) is 16.3 Å². The van der Waals surface area contributed by atoms with Gasteiger partial charge in [0.1, 0.15) is 6.04 Å². The Bertz CT molecular complexity index is 1210. The molecule has 3 aromatic carbocycles. The first-order chi connectivity index (χ1) is 16.9. The van der Waals surface area contributed by atoms with Crippen molar-refractivity contribution in [2.75, 3.05) is 30.2 Å². The Balaban J connectivity index is 2.07. The molecule has 0 fully saturated rings. The standard InChI is InChI=1S/C26H29N3O4S2/c1-33-26(32)23(12-13-35-2)29-24(30)20-11-10-17(28-25(31)22(27)15-34)14-21(20)19-9-5-7-16-6-3-4-8-18(16)19/h3-11,14,22-23,34H,12-13,15,27H2,1-2H3,(H,28,31)(H,29,30)/t22-,23-/m0/s1. The van der Waals surface area contributed by atoms with E-state index >= 15 is 0 Å². The van der Waals surface area contributed by atoms with Crippen molar-refractivity contribution >= 4 is 58.6 Å². The zero-order valence-corrected chi connectivity index (χ0v) is 21.3. The maximum absolute atomic E-state index is 13.4. The molecule has 4 N–H and O–H groups in total. The highest BCUT2D eigenvalue weighted by Crippen LogP contribution is 2.33. The number of ether oxygens (including phenoxy) is 1. The van der Waals surface area contributed by atoms with E-state index in [0.29, 0.717) is 29.0 Å². The summed E-state index contributed by atoms with van der Waals surface area (Å²) in [6.45, 7) is 0. The molecule has 0 saturated carbocycles. The van der Waals surface area contributed by atoms with Gasteiger partial charge >= 0.3 is 5.97 Å². The number of carbonyl (C=O) groups is 3. The number of fused-ring (bicyclic) bond motifs is 1. The van der Waals surface area contributed by atoms with Crippen molar-refractivity contribution < 1.29 is 19.1 Å². The highest BCUT2D eigenvalue weighted by atomic mass is 32.2. The quantitative estimate of drug-likeness (QED) is 0.244. The van der Waals surface area contributed by atoms with Gasteiger partial charge in [-0.15, -0.1) is 0 Å². The first-order valence-corrected chi connectivity index (χ1v) is 13.1. The molecule has 0 radical (unpaired) electrons. The number of hydrogen-bond donors (Lipinski definition) is 4. The Labute approximate surface area is 214 Å². The lowest BCUT2D eigenvalue weighted by Crippen LogP contribution is -2.42. The van der Waals surface area contributed by atoms with Crippen LogP contribution in [-0.4, -0.2) is 54.7 Å². The predicted molar refractivity (Wildman–Crippen MR) is 146 cm³/mol. The van der Waals surface area contributed by atoms with Crippen LogP contribution >= 0.6 is 24.4 Å². The number of thiol groups is 1. The Hall–Kier alpha value is -3.01. The molecule has 0 spiro atoms. The van der Waals surface area contributed by atoms with Gasteiger partial charge in [0, 0.05) is 17.0 Å². The number of hydrogen-bond acceptors (Lipinski definition) is 7. The molecule has 0 aliphatic carbocycles. The van der Waals surface area contributed by atoms with Crippen molar-refractivity contribution in [2.24, 2.45) is 5.73 Å². The maximum atomic E-state index is 13.4. The second-order valence-electron chi connectivity index (χ2n) is 7.90. The van der Waals surface area contributed by atoms with Crippen molar-refractivity contribution in [3.8, 4) is 11.1 Å². The number of anilines is 1.